The maximum atomic E-state index is 9.14. The first-order valence-electron chi connectivity index (χ1n) is 2.81. The number of thioether (sulfide) groups is 1. The minimum atomic E-state index is -0.432. The number of nitrogens with one attached hydrogen (secondary N) is 1. The SMILES string of the molecule is C[C@@H]1CSC(=S)N[C@H]1O. The topological polar surface area (TPSA) is 32.3 Å². The minimum absolute atomic E-state index is 0.307. The van der Waals surface area contributed by atoms with Crippen molar-refractivity contribution in [2.45, 2.75) is 13.2 Å². The van der Waals surface area contributed by atoms with E-state index in [0.29, 0.717) is 10.2 Å². The van der Waals surface area contributed by atoms with Gasteiger partial charge in [0.25, 0.3) is 0 Å². The van der Waals surface area contributed by atoms with Gasteiger partial charge in [-0.1, -0.05) is 30.9 Å². The summed E-state index contributed by atoms with van der Waals surface area (Å²) in [6.07, 6.45) is -0.432. The number of hydrogen-bond donors (Lipinski definition) is 2. The molecular formula is C5H9NOS2. The summed E-state index contributed by atoms with van der Waals surface area (Å²) >= 11 is 6.42. The Morgan fingerprint density at radius 3 is 3.00 bits per heavy atom. The molecule has 0 amide bonds. The minimum Gasteiger partial charge on any atom is -0.373 e. The Kier molecular flexibility index (Phi) is 2.32. The predicted octanol–water partition coefficient (Wildman–Crippen LogP) is 0.562. The number of aliphatic hydroxyl groups excluding tert-OH is 1. The lowest BCUT2D eigenvalue weighted by molar-refractivity contribution is 0.113. The molecule has 0 bridgehead atoms. The molecule has 4 heteroatoms. The molecule has 0 aromatic carbocycles. The van der Waals surface area contributed by atoms with E-state index >= 15 is 0 Å². The average Bonchev–Trinajstić information content (AvgIpc) is 1.80. The molecule has 0 aromatic heterocycles. The second kappa shape index (κ2) is 2.86. The maximum Gasteiger partial charge on any atom is 0.135 e. The fourth-order valence-electron chi connectivity index (χ4n) is 0.603. The van der Waals surface area contributed by atoms with Crippen LogP contribution < -0.4 is 5.32 Å². The Balaban J connectivity index is 2.44. The molecule has 52 valence electrons. The lowest BCUT2D eigenvalue weighted by Gasteiger charge is -2.25. The molecule has 1 rings (SSSR count). The van der Waals surface area contributed by atoms with Crippen molar-refractivity contribution >= 4 is 28.3 Å². The Morgan fingerprint density at radius 1 is 1.89 bits per heavy atom. The van der Waals surface area contributed by atoms with Crippen LogP contribution in [0.15, 0.2) is 0 Å². The highest BCUT2D eigenvalue weighted by atomic mass is 32.2. The molecule has 0 spiro atoms. The van der Waals surface area contributed by atoms with Crippen LogP contribution >= 0.6 is 24.0 Å². The summed E-state index contributed by atoms with van der Waals surface area (Å²) in [5.41, 5.74) is 0. The fraction of sp³-hybridized carbons (Fsp3) is 0.800. The molecule has 0 radical (unpaired) electrons. The monoisotopic (exact) mass is 163 g/mol. The van der Waals surface area contributed by atoms with E-state index in [1.807, 2.05) is 6.92 Å². The van der Waals surface area contributed by atoms with Crippen LogP contribution in [-0.2, 0) is 0 Å². The maximum absolute atomic E-state index is 9.14. The zero-order valence-corrected chi connectivity index (χ0v) is 6.76. The van der Waals surface area contributed by atoms with Gasteiger partial charge in [-0.15, -0.1) is 0 Å². The normalized spacial score (nSPS) is 36.0. The second-order valence-electron chi connectivity index (χ2n) is 2.16. The van der Waals surface area contributed by atoms with E-state index in [2.05, 4.69) is 5.32 Å². The molecule has 1 aliphatic heterocycles. The molecule has 2 atom stereocenters. The van der Waals surface area contributed by atoms with Gasteiger partial charge in [-0.25, -0.2) is 0 Å². The molecule has 1 heterocycles. The molecule has 2 nitrogen and oxygen atoms in total. The van der Waals surface area contributed by atoms with Gasteiger partial charge in [0.15, 0.2) is 0 Å². The molecule has 1 saturated heterocycles. The first-order chi connectivity index (χ1) is 4.20. The third-order valence-corrected chi connectivity index (χ3v) is 2.83. The highest BCUT2D eigenvalue weighted by Crippen LogP contribution is 2.17. The van der Waals surface area contributed by atoms with Gasteiger partial charge in [0.1, 0.15) is 10.5 Å². The quantitative estimate of drug-likeness (QED) is 0.511. The highest BCUT2D eigenvalue weighted by Gasteiger charge is 2.20. The smallest absolute Gasteiger partial charge is 0.135 e. The van der Waals surface area contributed by atoms with Crippen molar-refractivity contribution in [3.05, 3.63) is 0 Å². The third-order valence-electron chi connectivity index (χ3n) is 1.28. The first-order valence-corrected chi connectivity index (χ1v) is 4.21. The van der Waals surface area contributed by atoms with Crippen molar-refractivity contribution in [2.24, 2.45) is 5.92 Å². The summed E-state index contributed by atoms with van der Waals surface area (Å²) in [5, 5.41) is 11.9. The Morgan fingerprint density at radius 2 is 2.56 bits per heavy atom. The van der Waals surface area contributed by atoms with Crippen molar-refractivity contribution in [1.82, 2.24) is 5.32 Å². The lowest BCUT2D eigenvalue weighted by atomic mass is 10.2. The van der Waals surface area contributed by atoms with Crippen LogP contribution in [0.3, 0.4) is 0 Å². The van der Waals surface area contributed by atoms with Crippen LogP contribution in [0, 0.1) is 5.92 Å². The van der Waals surface area contributed by atoms with Crippen LogP contribution in [0.25, 0.3) is 0 Å². The van der Waals surface area contributed by atoms with Crippen LogP contribution in [-0.4, -0.2) is 21.4 Å². The van der Waals surface area contributed by atoms with Gasteiger partial charge >= 0.3 is 0 Å². The summed E-state index contributed by atoms with van der Waals surface area (Å²) in [7, 11) is 0. The largest absolute Gasteiger partial charge is 0.373 e. The van der Waals surface area contributed by atoms with Crippen LogP contribution in [0.4, 0.5) is 0 Å². The van der Waals surface area contributed by atoms with Crippen LogP contribution in [0.1, 0.15) is 6.92 Å². The summed E-state index contributed by atoms with van der Waals surface area (Å²) in [6, 6.07) is 0. The van der Waals surface area contributed by atoms with Crippen LogP contribution in [0.2, 0.25) is 0 Å². The van der Waals surface area contributed by atoms with Gasteiger partial charge < -0.3 is 10.4 Å². The summed E-state index contributed by atoms with van der Waals surface area (Å²) < 4.78 is 0.709. The summed E-state index contributed by atoms with van der Waals surface area (Å²) in [4.78, 5) is 0. The summed E-state index contributed by atoms with van der Waals surface area (Å²) in [6.45, 7) is 1.99. The zero-order valence-electron chi connectivity index (χ0n) is 5.13. The van der Waals surface area contributed by atoms with E-state index < -0.39 is 6.23 Å². The molecule has 0 unspecified atom stereocenters. The Labute approximate surface area is 64.0 Å². The summed E-state index contributed by atoms with van der Waals surface area (Å²) in [5.74, 6) is 1.23. The number of thiocarbonyl (C=S) groups is 1. The van der Waals surface area contributed by atoms with Gasteiger partial charge in [0.05, 0.1) is 0 Å². The molecule has 1 fully saturated rings. The predicted molar refractivity (Wildman–Crippen MR) is 43.4 cm³/mol. The van der Waals surface area contributed by atoms with Crippen molar-refractivity contribution in [2.75, 3.05) is 5.75 Å². The lowest BCUT2D eigenvalue weighted by Crippen LogP contribution is -2.42. The molecule has 2 N–H and O–H groups in total. The third kappa shape index (κ3) is 1.81. The van der Waals surface area contributed by atoms with E-state index in [4.69, 9.17) is 17.3 Å². The van der Waals surface area contributed by atoms with Crippen molar-refractivity contribution in [3.8, 4) is 0 Å². The molecular weight excluding hydrogens is 154 g/mol. The number of rotatable bonds is 0. The molecule has 0 aromatic rings. The van der Waals surface area contributed by atoms with E-state index in [9.17, 15) is 0 Å². The second-order valence-corrected chi connectivity index (χ2v) is 3.86. The standard InChI is InChI=1S/C5H9NOS2/c1-3-2-9-5(8)6-4(3)7/h3-4,7H,2H2,1H3,(H,6,8)/t3-,4+/m1/s1. The van der Waals surface area contributed by atoms with E-state index in [1.165, 1.54) is 0 Å². The van der Waals surface area contributed by atoms with Crippen molar-refractivity contribution in [3.63, 3.8) is 0 Å². The fourth-order valence-corrected chi connectivity index (χ4v) is 1.73. The molecule has 9 heavy (non-hydrogen) atoms. The van der Waals surface area contributed by atoms with Gasteiger partial charge in [-0.05, 0) is 0 Å². The first kappa shape index (κ1) is 7.31. The van der Waals surface area contributed by atoms with Gasteiger partial charge in [0, 0.05) is 11.7 Å². The van der Waals surface area contributed by atoms with Gasteiger partial charge in [-0.2, -0.15) is 0 Å². The molecule has 1 aliphatic rings. The Bertz CT molecular complexity index is 128. The van der Waals surface area contributed by atoms with E-state index in [-0.39, 0.29) is 0 Å². The average molecular weight is 163 g/mol. The highest BCUT2D eigenvalue weighted by molar-refractivity contribution is 8.23. The van der Waals surface area contributed by atoms with Gasteiger partial charge in [-0.3, -0.25) is 0 Å². The van der Waals surface area contributed by atoms with E-state index in [1.54, 1.807) is 11.8 Å². The van der Waals surface area contributed by atoms with Crippen LogP contribution in [0.5, 0.6) is 0 Å². The molecule has 0 aliphatic carbocycles. The zero-order chi connectivity index (χ0) is 6.85. The number of aliphatic hydroxyl groups is 1. The van der Waals surface area contributed by atoms with Crippen molar-refractivity contribution < 1.29 is 5.11 Å². The number of hydrogen-bond acceptors (Lipinski definition) is 3. The van der Waals surface area contributed by atoms with Gasteiger partial charge in [0.2, 0.25) is 0 Å². The van der Waals surface area contributed by atoms with E-state index in [0.717, 1.165) is 5.75 Å². The molecule has 0 saturated carbocycles. The van der Waals surface area contributed by atoms with Crippen molar-refractivity contribution in [1.29, 1.82) is 0 Å². The Hall–Kier alpha value is 0.200.